The van der Waals surface area contributed by atoms with Crippen LogP contribution in [0.15, 0.2) is 24.3 Å². The molecule has 4 rings (SSSR count). The number of nitrogens with zero attached hydrogens (tertiary/aromatic N) is 5. The number of benzene rings is 1. The number of tetrazole rings is 1. The molecule has 0 bridgehead atoms. The number of aliphatic hydroxyl groups is 1. The van der Waals surface area contributed by atoms with Crippen LogP contribution in [0.25, 0.3) is 0 Å². The molecule has 1 N–H and O–H groups in total. The highest BCUT2D eigenvalue weighted by Gasteiger charge is 2.36. The molecule has 25 heavy (non-hydrogen) atoms. The summed E-state index contributed by atoms with van der Waals surface area (Å²) in [7, 11) is 0. The fourth-order valence-electron chi connectivity index (χ4n) is 4.14. The Hall–Kier alpha value is -1.86. The Morgan fingerprint density at radius 1 is 1.16 bits per heavy atom. The zero-order valence-corrected chi connectivity index (χ0v) is 14.3. The molecule has 1 aromatic carbocycles. The molecule has 1 saturated heterocycles. The van der Waals surface area contributed by atoms with E-state index in [2.05, 4.69) is 20.4 Å². The standard InChI is InChI=1S/C18H24FN5O/c19-16-8-4-3-7-15(16)18(25)9-11-23(12-10-18)13-17-20-21-22-24(17)14-5-1-2-6-14/h3-4,7-8,14,25H,1-2,5-6,9-13H2. The lowest BCUT2D eigenvalue weighted by Crippen LogP contribution is -2.43. The molecule has 0 atom stereocenters. The van der Waals surface area contributed by atoms with Gasteiger partial charge in [0.1, 0.15) is 5.82 Å². The van der Waals surface area contributed by atoms with E-state index in [1.54, 1.807) is 18.2 Å². The molecule has 134 valence electrons. The number of hydrogen-bond donors (Lipinski definition) is 1. The summed E-state index contributed by atoms with van der Waals surface area (Å²) < 4.78 is 16.0. The van der Waals surface area contributed by atoms with Crippen LogP contribution in [0, 0.1) is 5.82 Å². The maximum Gasteiger partial charge on any atom is 0.165 e. The van der Waals surface area contributed by atoms with Gasteiger partial charge in [0.05, 0.1) is 18.2 Å². The van der Waals surface area contributed by atoms with Crippen LogP contribution in [0.3, 0.4) is 0 Å². The molecular formula is C18H24FN5O. The molecule has 6 nitrogen and oxygen atoms in total. The van der Waals surface area contributed by atoms with Crippen molar-refractivity contribution < 1.29 is 9.50 Å². The van der Waals surface area contributed by atoms with Gasteiger partial charge in [0.15, 0.2) is 5.82 Å². The number of halogens is 1. The second-order valence-electron chi connectivity index (χ2n) is 7.27. The van der Waals surface area contributed by atoms with Gasteiger partial charge in [0, 0.05) is 18.7 Å². The lowest BCUT2D eigenvalue weighted by Gasteiger charge is -2.38. The first-order chi connectivity index (χ1) is 12.2. The summed E-state index contributed by atoms with van der Waals surface area (Å²) in [4.78, 5) is 2.24. The van der Waals surface area contributed by atoms with E-state index < -0.39 is 5.60 Å². The van der Waals surface area contributed by atoms with Crippen LogP contribution < -0.4 is 0 Å². The molecule has 1 aromatic heterocycles. The van der Waals surface area contributed by atoms with Crippen molar-refractivity contribution in [2.45, 2.75) is 56.7 Å². The minimum absolute atomic E-state index is 0.330. The third kappa shape index (κ3) is 3.30. The molecule has 0 radical (unpaired) electrons. The van der Waals surface area contributed by atoms with Crippen molar-refractivity contribution in [2.75, 3.05) is 13.1 Å². The van der Waals surface area contributed by atoms with E-state index >= 15 is 0 Å². The highest BCUT2D eigenvalue weighted by atomic mass is 19.1. The van der Waals surface area contributed by atoms with Crippen molar-refractivity contribution in [1.29, 1.82) is 0 Å². The molecule has 2 aliphatic rings. The predicted octanol–water partition coefficient (Wildman–Crippen LogP) is 2.41. The summed E-state index contributed by atoms with van der Waals surface area (Å²) >= 11 is 0. The van der Waals surface area contributed by atoms with E-state index in [1.165, 1.54) is 18.9 Å². The van der Waals surface area contributed by atoms with Gasteiger partial charge in [0.2, 0.25) is 0 Å². The first-order valence-corrected chi connectivity index (χ1v) is 9.12. The fraction of sp³-hybridized carbons (Fsp3) is 0.611. The summed E-state index contributed by atoms with van der Waals surface area (Å²) in [6, 6.07) is 6.95. The van der Waals surface area contributed by atoms with Crippen LogP contribution in [0.5, 0.6) is 0 Å². The van der Waals surface area contributed by atoms with Gasteiger partial charge in [-0.1, -0.05) is 31.0 Å². The second kappa shape index (κ2) is 6.80. The number of piperidine rings is 1. The van der Waals surface area contributed by atoms with Crippen molar-refractivity contribution >= 4 is 0 Å². The van der Waals surface area contributed by atoms with E-state index in [1.807, 2.05) is 4.68 Å². The Balaban J connectivity index is 1.41. The maximum absolute atomic E-state index is 14.0. The smallest absolute Gasteiger partial charge is 0.165 e. The molecule has 1 aliphatic carbocycles. The van der Waals surface area contributed by atoms with Gasteiger partial charge in [-0.15, -0.1) is 5.10 Å². The normalized spacial score (nSPS) is 21.7. The van der Waals surface area contributed by atoms with Crippen LogP contribution in [0.4, 0.5) is 4.39 Å². The van der Waals surface area contributed by atoms with E-state index in [4.69, 9.17) is 0 Å². The highest BCUT2D eigenvalue weighted by molar-refractivity contribution is 5.25. The molecule has 0 amide bonds. The number of hydrogen-bond acceptors (Lipinski definition) is 5. The van der Waals surface area contributed by atoms with Gasteiger partial charge in [0.25, 0.3) is 0 Å². The summed E-state index contributed by atoms with van der Waals surface area (Å²) in [5.74, 6) is 0.562. The first kappa shape index (κ1) is 16.6. The van der Waals surface area contributed by atoms with Crippen molar-refractivity contribution in [3.05, 3.63) is 41.5 Å². The molecule has 0 unspecified atom stereocenters. The Morgan fingerprint density at radius 2 is 1.88 bits per heavy atom. The third-order valence-corrected chi connectivity index (χ3v) is 5.65. The van der Waals surface area contributed by atoms with Gasteiger partial charge in [-0.2, -0.15) is 0 Å². The van der Waals surface area contributed by atoms with E-state index in [0.717, 1.165) is 18.7 Å². The SMILES string of the molecule is OC1(c2ccccc2F)CCN(Cc2nnnn2C2CCCC2)CC1. The first-order valence-electron chi connectivity index (χ1n) is 9.12. The average Bonchev–Trinajstić information content (AvgIpc) is 3.29. The lowest BCUT2D eigenvalue weighted by molar-refractivity contribution is -0.0310. The second-order valence-corrected chi connectivity index (χ2v) is 7.27. The minimum Gasteiger partial charge on any atom is -0.385 e. The molecule has 1 saturated carbocycles. The molecule has 0 spiro atoms. The summed E-state index contributed by atoms with van der Waals surface area (Å²) in [5.41, 5.74) is -0.676. The molecular weight excluding hydrogens is 321 g/mol. The minimum atomic E-state index is -1.08. The van der Waals surface area contributed by atoms with Crippen molar-refractivity contribution in [2.24, 2.45) is 0 Å². The zero-order valence-electron chi connectivity index (χ0n) is 14.3. The largest absolute Gasteiger partial charge is 0.385 e. The van der Waals surface area contributed by atoms with Gasteiger partial charge in [-0.25, -0.2) is 9.07 Å². The Labute approximate surface area is 146 Å². The molecule has 7 heteroatoms. The lowest BCUT2D eigenvalue weighted by atomic mass is 9.84. The summed E-state index contributed by atoms with van der Waals surface area (Å²) in [6.07, 6.45) is 5.79. The highest BCUT2D eigenvalue weighted by Crippen LogP contribution is 2.35. The van der Waals surface area contributed by atoms with Gasteiger partial charge < -0.3 is 5.11 Å². The zero-order chi connectivity index (χ0) is 17.3. The van der Waals surface area contributed by atoms with Gasteiger partial charge in [-0.05, 0) is 42.2 Å². The molecule has 2 fully saturated rings. The van der Waals surface area contributed by atoms with Crippen molar-refractivity contribution in [1.82, 2.24) is 25.1 Å². The van der Waals surface area contributed by atoms with Gasteiger partial charge >= 0.3 is 0 Å². The van der Waals surface area contributed by atoms with Crippen LogP contribution in [0.1, 0.15) is 56.0 Å². The Morgan fingerprint density at radius 3 is 2.60 bits per heavy atom. The number of aromatic nitrogens is 4. The fourth-order valence-corrected chi connectivity index (χ4v) is 4.14. The third-order valence-electron chi connectivity index (χ3n) is 5.65. The number of likely N-dealkylation sites (tertiary alicyclic amines) is 1. The Kier molecular flexibility index (Phi) is 4.52. The Bertz CT molecular complexity index is 720. The van der Waals surface area contributed by atoms with Crippen LogP contribution in [0.2, 0.25) is 0 Å². The monoisotopic (exact) mass is 345 g/mol. The topological polar surface area (TPSA) is 67.1 Å². The molecule has 1 aliphatic heterocycles. The van der Waals surface area contributed by atoms with Crippen molar-refractivity contribution in [3.63, 3.8) is 0 Å². The number of rotatable bonds is 4. The van der Waals surface area contributed by atoms with E-state index in [-0.39, 0.29) is 5.82 Å². The average molecular weight is 345 g/mol. The van der Waals surface area contributed by atoms with Crippen molar-refractivity contribution in [3.8, 4) is 0 Å². The van der Waals surface area contributed by atoms with Crippen LogP contribution in [-0.2, 0) is 12.1 Å². The van der Waals surface area contributed by atoms with Gasteiger partial charge in [-0.3, -0.25) is 4.90 Å². The van der Waals surface area contributed by atoms with E-state index in [9.17, 15) is 9.50 Å². The summed E-state index contributed by atoms with van der Waals surface area (Å²) in [6.45, 7) is 2.07. The van der Waals surface area contributed by atoms with E-state index in [0.29, 0.717) is 44.1 Å². The predicted molar refractivity (Wildman–Crippen MR) is 90.1 cm³/mol. The molecule has 2 heterocycles. The summed E-state index contributed by atoms with van der Waals surface area (Å²) in [5, 5.41) is 23.1. The quantitative estimate of drug-likeness (QED) is 0.922. The maximum atomic E-state index is 14.0. The van der Waals surface area contributed by atoms with Crippen LogP contribution >= 0.6 is 0 Å². The molecule has 2 aromatic rings. The van der Waals surface area contributed by atoms with Crippen LogP contribution in [-0.4, -0.2) is 43.3 Å².